The Kier molecular flexibility index (Phi) is 6.50. The largest absolute Gasteiger partial charge is 0.492 e. The van der Waals surface area contributed by atoms with E-state index in [1.165, 1.54) is 22.8 Å². The molecule has 0 aliphatic carbocycles. The van der Waals surface area contributed by atoms with Crippen LogP contribution in [0.1, 0.15) is 102 Å². The Morgan fingerprint density at radius 1 is 0.533 bits per heavy atom. The number of para-hydroxylation sites is 1. The molecule has 0 bridgehead atoms. The Bertz CT molecular complexity index is 875. The van der Waals surface area contributed by atoms with Crippen LogP contribution in [0, 0.1) is 0 Å². The fraction of sp³-hybridized carbons (Fsp3) is 0.481. The summed E-state index contributed by atoms with van der Waals surface area (Å²) in [6, 6.07) is 15.6. The lowest BCUT2D eigenvalue weighted by Crippen LogP contribution is -2.12. The number of benzene rings is 1. The molecule has 0 radical (unpaired) electrons. The minimum absolute atomic E-state index is 0.426. The summed E-state index contributed by atoms with van der Waals surface area (Å²) in [6.07, 6.45) is 0. The molecule has 0 amide bonds. The number of nitrogens with zero attached hydrogens (tertiary/aromatic N) is 2. The average molecular weight is 407 g/mol. The number of rotatable bonds is 7. The minimum atomic E-state index is 0.426. The van der Waals surface area contributed by atoms with Crippen molar-refractivity contribution >= 4 is 0 Å². The predicted octanol–water partition coefficient (Wildman–Crippen LogP) is 7.77. The first kappa shape index (κ1) is 22.3. The van der Waals surface area contributed by atoms with Gasteiger partial charge in [0.25, 0.3) is 0 Å². The SMILES string of the molecule is COc1c(-n2c(C(C)C)ccc2C(C)C)cccc1-n1c(C(C)C)ccc1C(C)C. The Hall–Kier alpha value is -2.42. The number of methoxy groups -OCH3 is 1. The Labute approximate surface area is 182 Å². The van der Waals surface area contributed by atoms with Gasteiger partial charge in [0, 0.05) is 22.8 Å². The molecule has 0 aliphatic rings. The van der Waals surface area contributed by atoms with Gasteiger partial charge >= 0.3 is 0 Å². The number of ether oxygens (including phenoxy) is 1. The van der Waals surface area contributed by atoms with E-state index >= 15 is 0 Å². The normalized spacial score (nSPS) is 12.0. The summed E-state index contributed by atoms with van der Waals surface area (Å²) in [6.45, 7) is 18.0. The van der Waals surface area contributed by atoms with Crippen LogP contribution in [-0.2, 0) is 0 Å². The fourth-order valence-electron chi connectivity index (χ4n) is 4.37. The Morgan fingerprint density at radius 3 is 1.07 bits per heavy atom. The molecule has 0 saturated carbocycles. The van der Waals surface area contributed by atoms with Crippen LogP contribution in [0.25, 0.3) is 11.4 Å². The van der Waals surface area contributed by atoms with Gasteiger partial charge in [-0.15, -0.1) is 0 Å². The highest BCUT2D eigenvalue weighted by Gasteiger charge is 2.23. The van der Waals surface area contributed by atoms with Crippen molar-refractivity contribution in [1.29, 1.82) is 0 Å². The molecule has 0 aliphatic heterocycles. The molecule has 0 saturated heterocycles. The Morgan fingerprint density at radius 2 is 0.833 bits per heavy atom. The number of hydrogen-bond donors (Lipinski definition) is 0. The van der Waals surface area contributed by atoms with Crippen LogP contribution in [0.5, 0.6) is 5.75 Å². The van der Waals surface area contributed by atoms with Gasteiger partial charge in [0.05, 0.1) is 18.5 Å². The first-order chi connectivity index (χ1) is 14.2. The highest BCUT2D eigenvalue weighted by molar-refractivity contribution is 5.62. The fourth-order valence-corrected chi connectivity index (χ4v) is 4.37. The standard InChI is InChI=1S/C27H38N2O/c1-17(2)21-13-14-22(18(3)4)28(21)25-11-10-12-26(27(25)30-9)29-23(19(5)6)15-16-24(29)20(7)8/h10-20H,1-9H3. The second kappa shape index (κ2) is 8.75. The Balaban J connectivity index is 2.35. The molecule has 0 atom stereocenters. The zero-order chi connectivity index (χ0) is 22.2. The van der Waals surface area contributed by atoms with Crippen LogP contribution >= 0.6 is 0 Å². The van der Waals surface area contributed by atoms with Crippen molar-refractivity contribution in [3.63, 3.8) is 0 Å². The van der Waals surface area contributed by atoms with Crippen LogP contribution in [0.3, 0.4) is 0 Å². The molecule has 2 heterocycles. The third kappa shape index (κ3) is 3.82. The molecule has 0 spiro atoms. The van der Waals surface area contributed by atoms with Crippen molar-refractivity contribution in [2.75, 3.05) is 7.11 Å². The molecule has 0 unspecified atom stereocenters. The summed E-state index contributed by atoms with van der Waals surface area (Å²) >= 11 is 0. The molecule has 3 nitrogen and oxygen atoms in total. The minimum Gasteiger partial charge on any atom is -0.492 e. The first-order valence-electron chi connectivity index (χ1n) is 11.3. The highest BCUT2D eigenvalue weighted by atomic mass is 16.5. The van der Waals surface area contributed by atoms with E-state index < -0.39 is 0 Å². The van der Waals surface area contributed by atoms with Gasteiger partial charge in [-0.25, -0.2) is 0 Å². The molecule has 0 N–H and O–H groups in total. The summed E-state index contributed by atoms with van der Waals surface area (Å²) in [5.74, 6) is 2.63. The molecule has 0 fully saturated rings. The van der Waals surface area contributed by atoms with Gasteiger partial charge in [0.1, 0.15) is 0 Å². The summed E-state index contributed by atoms with van der Waals surface area (Å²) in [7, 11) is 1.80. The highest BCUT2D eigenvalue weighted by Crippen LogP contribution is 2.39. The smallest absolute Gasteiger partial charge is 0.166 e. The van der Waals surface area contributed by atoms with Crippen LogP contribution < -0.4 is 4.74 Å². The van der Waals surface area contributed by atoms with E-state index in [0.717, 1.165) is 17.1 Å². The van der Waals surface area contributed by atoms with E-state index in [9.17, 15) is 0 Å². The van der Waals surface area contributed by atoms with Gasteiger partial charge in [0.2, 0.25) is 0 Å². The van der Waals surface area contributed by atoms with Crippen LogP contribution in [0.4, 0.5) is 0 Å². The second-order valence-electron chi connectivity index (χ2n) is 9.49. The van der Waals surface area contributed by atoms with Crippen LogP contribution in [0.2, 0.25) is 0 Å². The summed E-state index contributed by atoms with van der Waals surface area (Å²) in [5, 5.41) is 0. The molecule has 3 rings (SSSR count). The van der Waals surface area contributed by atoms with E-state index in [0.29, 0.717) is 23.7 Å². The van der Waals surface area contributed by atoms with Crippen molar-refractivity contribution in [3.8, 4) is 17.1 Å². The maximum atomic E-state index is 6.12. The van der Waals surface area contributed by atoms with Gasteiger partial charge in [-0.3, -0.25) is 0 Å². The van der Waals surface area contributed by atoms with Gasteiger partial charge in [0.15, 0.2) is 5.75 Å². The van der Waals surface area contributed by atoms with Crippen molar-refractivity contribution in [2.24, 2.45) is 0 Å². The van der Waals surface area contributed by atoms with Crippen LogP contribution in [-0.4, -0.2) is 16.2 Å². The third-order valence-electron chi connectivity index (χ3n) is 5.91. The van der Waals surface area contributed by atoms with Crippen LogP contribution in [0.15, 0.2) is 42.5 Å². The molecule has 30 heavy (non-hydrogen) atoms. The predicted molar refractivity (Wildman–Crippen MR) is 128 cm³/mol. The summed E-state index contributed by atoms with van der Waals surface area (Å²) in [4.78, 5) is 0. The molecule has 2 aromatic heterocycles. The maximum absolute atomic E-state index is 6.12. The molecular weight excluding hydrogens is 368 g/mol. The second-order valence-corrected chi connectivity index (χ2v) is 9.49. The molecular formula is C27H38N2O. The molecule has 3 aromatic rings. The lowest BCUT2D eigenvalue weighted by atomic mass is 10.1. The lowest BCUT2D eigenvalue weighted by Gasteiger charge is -2.24. The maximum Gasteiger partial charge on any atom is 0.166 e. The van der Waals surface area contributed by atoms with Gasteiger partial charge < -0.3 is 13.9 Å². The van der Waals surface area contributed by atoms with Gasteiger partial charge in [-0.05, 0) is 60.1 Å². The zero-order valence-corrected chi connectivity index (χ0v) is 20.2. The van der Waals surface area contributed by atoms with Crippen molar-refractivity contribution in [2.45, 2.75) is 79.1 Å². The van der Waals surface area contributed by atoms with Gasteiger partial charge in [-0.2, -0.15) is 0 Å². The van der Waals surface area contributed by atoms with Gasteiger partial charge in [-0.1, -0.05) is 61.5 Å². The zero-order valence-electron chi connectivity index (χ0n) is 20.2. The first-order valence-corrected chi connectivity index (χ1v) is 11.3. The van der Waals surface area contributed by atoms with Crippen molar-refractivity contribution in [3.05, 3.63) is 65.2 Å². The topological polar surface area (TPSA) is 19.1 Å². The monoisotopic (exact) mass is 406 g/mol. The van der Waals surface area contributed by atoms with E-state index in [1.54, 1.807) is 7.11 Å². The summed E-state index contributed by atoms with van der Waals surface area (Å²) in [5.41, 5.74) is 7.49. The van der Waals surface area contributed by atoms with Crippen molar-refractivity contribution in [1.82, 2.24) is 9.13 Å². The molecule has 1 aromatic carbocycles. The van der Waals surface area contributed by atoms with Crippen molar-refractivity contribution < 1.29 is 4.74 Å². The molecule has 162 valence electrons. The van der Waals surface area contributed by atoms with E-state index in [4.69, 9.17) is 4.74 Å². The molecule has 3 heteroatoms. The average Bonchev–Trinajstić information content (AvgIpc) is 3.32. The quantitative estimate of drug-likeness (QED) is 0.392. The lowest BCUT2D eigenvalue weighted by molar-refractivity contribution is 0.409. The number of hydrogen-bond acceptors (Lipinski definition) is 1. The third-order valence-corrected chi connectivity index (χ3v) is 5.91. The van der Waals surface area contributed by atoms with E-state index in [1.807, 2.05) is 0 Å². The summed E-state index contributed by atoms with van der Waals surface area (Å²) < 4.78 is 10.9. The number of aromatic nitrogens is 2. The van der Waals surface area contributed by atoms with E-state index in [-0.39, 0.29) is 0 Å². The van der Waals surface area contributed by atoms with E-state index in [2.05, 4.69) is 107 Å².